The Bertz CT molecular complexity index is 906. The Morgan fingerprint density at radius 2 is 1.89 bits per heavy atom. The van der Waals surface area contributed by atoms with Gasteiger partial charge in [-0.1, -0.05) is 42.0 Å². The number of methoxy groups -OCH3 is 1. The van der Waals surface area contributed by atoms with Gasteiger partial charge in [0.2, 0.25) is 5.91 Å². The maximum atomic E-state index is 12.2. The van der Waals surface area contributed by atoms with Crippen LogP contribution in [0.4, 0.5) is 0 Å². The van der Waals surface area contributed by atoms with Gasteiger partial charge < -0.3 is 14.8 Å². The number of rotatable bonds is 9. The summed E-state index contributed by atoms with van der Waals surface area (Å²) in [5, 5.41) is 5.71. The van der Waals surface area contributed by atoms with Gasteiger partial charge in [-0.25, -0.2) is 4.98 Å². The molecule has 1 aromatic heterocycles. The Kier molecular flexibility index (Phi) is 7.17. The molecule has 1 N–H and O–H groups in total. The molecule has 1 heterocycles. The molecule has 3 aromatic rings. The van der Waals surface area contributed by atoms with E-state index in [1.165, 1.54) is 16.9 Å². The molecule has 0 saturated heterocycles. The molecule has 3 rings (SSSR count). The van der Waals surface area contributed by atoms with Crippen LogP contribution in [0, 0.1) is 6.92 Å². The van der Waals surface area contributed by atoms with E-state index in [2.05, 4.69) is 10.3 Å². The molecule has 0 spiro atoms. The van der Waals surface area contributed by atoms with Gasteiger partial charge in [-0.3, -0.25) is 4.79 Å². The molecule has 28 heavy (non-hydrogen) atoms. The minimum absolute atomic E-state index is 0.0477. The average Bonchev–Trinajstić information content (AvgIpc) is 3.14. The van der Waals surface area contributed by atoms with Crippen molar-refractivity contribution in [3.63, 3.8) is 0 Å². The number of nitrogens with one attached hydrogen (secondary N) is 1. The number of thiazole rings is 1. The number of benzene rings is 2. The second-order valence-corrected chi connectivity index (χ2v) is 7.48. The van der Waals surface area contributed by atoms with Crippen molar-refractivity contribution in [3.05, 3.63) is 81.3 Å². The smallest absolute Gasteiger partial charge is 0.226 e. The lowest BCUT2D eigenvalue weighted by atomic mass is 10.1. The monoisotopic (exact) mass is 396 g/mol. The summed E-state index contributed by atoms with van der Waals surface area (Å²) < 4.78 is 10.9. The molecule has 0 aliphatic carbocycles. The van der Waals surface area contributed by atoms with Crippen LogP contribution in [0.15, 0.2) is 53.9 Å². The van der Waals surface area contributed by atoms with Gasteiger partial charge >= 0.3 is 0 Å². The summed E-state index contributed by atoms with van der Waals surface area (Å²) in [7, 11) is 1.67. The molecular formula is C22H24N2O3S. The number of hydrogen-bond donors (Lipinski definition) is 1. The zero-order chi connectivity index (χ0) is 19.8. The fraction of sp³-hybridized carbons (Fsp3) is 0.273. The summed E-state index contributed by atoms with van der Waals surface area (Å²) in [6.07, 6.45) is 0.263. The molecule has 0 atom stereocenters. The Labute approximate surface area is 169 Å². The molecule has 5 nitrogen and oxygen atoms in total. The van der Waals surface area contributed by atoms with Crippen molar-refractivity contribution in [3.8, 4) is 5.75 Å². The number of amides is 1. The van der Waals surface area contributed by atoms with Crippen LogP contribution >= 0.6 is 11.3 Å². The summed E-state index contributed by atoms with van der Waals surface area (Å²) in [5.74, 6) is 0.768. The molecule has 0 saturated carbocycles. The third-order valence-corrected chi connectivity index (χ3v) is 4.99. The van der Waals surface area contributed by atoms with Crippen LogP contribution < -0.4 is 10.1 Å². The molecule has 0 radical (unpaired) electrons. The van der Waals surface area contributed by atoms with E-state index in [1.807, 2.05) is 60.8 Å². The predicted octanol–water partition coefficient (Wildman–Crippen LogP) is 4.04. The Hall–Kier alpha value is -2.70. The molecule has 6 heteroatoms. The van der Waals surface area contributed by atoms with Crippen molar-refractivity contribution < 1.29 is 14.3 Å². The quantitative estimate of drug-likeness (QED) is 0.593. The first kappa shape index (κ1) is 20.0. The number of aromatic nitrogens is 1. The van der Waals surface area contributed by atoms with E-state index in [9.17, 15) is 4.79 Å². The van der Waals surface area contributed by atoms with Crippen LogP contribution in [-0.2, 0) is 35.7 Å². The first-order chi connectivity index (χ1) is 13.6. The Morgan fingerprint density at radius 1 is 1.11 bits per heavy atom. The van der Waals surface area contributed by atoms with E-state index in [-0.39, 0.29) is 12.3 Å². The van der Waals surface area contributed by atoms with E-state index in [4.69, 9.17) is 9.47 Å². The fourth-order valence-electron chi connectivity index (χ4n) is 2.70. The van der Waals surface area contributed by atoms with Gasteiger partial charge in [0, 0.05) is 19.0 Å². The van der Waals surface area contributed by atoms with Crippen LogP contribution in [0.1, 0.15) is 27.4 Å². The highest BCUT2D eigenvalue weighted by molar-refractivity contribution is 7.09. The van der Waals surface area contributed by atoms with Crippen LogP contribution in [0.2, 0.25) is 0 Å². The third kappa shape index (κ3) is 6.18. The van der Waals surface area contributed by atoms with E-state index in [0.717, 1.165) is 27.6 Å². The second-order valence-electron chi connectivity index (χ2n) is 6.54. The number of aryl methyl sites for hydroxylation is 1. The number of carbonyl (C=O) groups excluding carboxylic acids is 1. The first-order valence-electron chi connectivity index (χ1n) is 9.08. The van der Waals surface area contributed by atoms with Gasteiger partial charge in [0.05, 0.1) is 18.7 Å². The fourth-order valence-corrected chi connectivity index (χ4v) is 3.40. The van der Waals surface area contributed by atoms with Gasteiger partial charge in [-0.05, 0) is 30.2 Å². The van der Waals surface area contributed by atoms with E-state index < -0.39 is 0 Å². The van der Waals surface area contributed by atoms with Crippen molar-refractivity contribution in [2.24, 2.45) is 0 Å². The van der Waals surface area contributed by atoms with Crippen LogP contribution in [0.5, 0.6) is 5.75 Å². The van der Waals surface area contributed by atoms with E-state index in [0.29, 0.717) is 19.8 Å². The minimum Gasteiger partial charge on any atom is -0.486 e. The Balaban J connectivity index is 1.45. The first-order valence-corrected chi connectivity index (χ1v) is 9.96. The summed E-state index contributed by atoms with van der Waals surface area (Å²) in [6, 6.07) is 15.9. The maximum absolute atomic E-state index is 12.2. The van der Waals surface area contributed by atoms with Crippen LogP contribution in [0.25, 0.3) is 0 Å². The van der Waals surface area contributed by atoms with Crippen molar-refractivity contribution in [2.45, 2.75) is 33.1 Å². The molecular weight excluding hydrogens is 372 g/mol. The number of nitrogens with zero attached hydrogens (tertiary/aromatic N) is 1. The van der Waals surface area contributed by atoms with Crippen LogP contribution in [0.3, 0.4) is 0 Å². The highest BCUT2D eigenvalue weighted by Gasteiger charge is 2.09. The zero-order valence-electron chi connectivity index (χ0n) is 16.1. The minimum atomic E-state index is -0.0477. The number of ether oxygens (including phenoxy) is 2. The number of hydrogen-bond acceptors (Lipinski definition) is 5. The zero-order valence-corrected chi connectivity index (χ0v) is 16.9. The lowest BCUT2D eigenvalue weighted by molar-refractivity contribution is -0.120. The molecule has 0 fully saturated rings. The van der Waals surface area contributed by atoms with Gasteiger partial charge in [-0.2, -0.15) is 0 Å². The summed E-state index contributed by atoms with van der Waals surface area (Å²) in [6.45, 7) is 3.50. The summed E-state index contributed by atoms with van der Waals surface area (Å²) >= 11 is 1.51. The largest absolute Gasteiger partial charge is 0.486 e. The van der Waals surface area contributed by atoms with Crippen molar-refractivity contribution in [2.75, 3.05) is 7.11 Å². The van der Waals surface area contributed by atoms with Crippen molar-refractivity contribution in [1.82, 2.24) is 10.3 Å². The Morgan fingerprint density at radius 3 is 2.68 bits per heavy atom. The number of carbonyl (C=O) groups is 1. The second kappa shape index (κ2) is 10.0. The molecule has 0 unspecified atom stereocenters. The molecule has 1 amide bonds. The summed E-state index contributed by atoms with van der Waals surface area (Å²) in [5.41, 5.74) is 4.10. The topological polar surface area (TPSA) is 60.5 Å². The molecule has 0 aliphatic rings. The highest BCUT2D eigenvalue weighted by atomic mass is 32.1. The average molecular weight is 397 g/mol. The summed E-state index contributed by atoms with van der Waals surface area (Å²) in [4.78, 5) is 16.7. The van der Waals surface area contributed by atoms with Gasteiger partial charge in [-0.15, -0.1) is 11.3 Å². The lowest BCUT2D eigenvalue weighted by Gasteiger charge is -2.06. The SMILES string of the molecule is COCc1cccc(CNC(=O)Cc2csc(COc3ccc(C)cc3)n2)c1. The van der Waals surface area contributed by atoms with Crippen molar-refractivity contribution >= 4 is 17.2 Å². The standard InChI is InChI=1S/C22H24N2O3S/c1-16-6-8-20(9-7-16)27-14-22-24-19(15-28-22)11-21(25)23-12-17-4-3-5-18(10-17)13-26-2/h3-10,15H,11-14H2,1-2H3,(H,23,25). The molecule has 2 aromatic carbocycles. The molecule has 146 valence electrons. The predicted molar refractivity (Wildman–Crippen MR) is 110 cm³/mol. The lowest BCUT2D eigenvalue weighted by Crippen LogP contribution is -2.24. The highest BCUT2D eigenvalue weighted by Crippen LogP contribution is 2.16. The van der Waals surface area contributed by atoms with Gasteiger partial charge in [0.25, 0.3) is 0 Å². The van der Waals surface area contributed by atoms with E-state index >= 15 is 0 Å². The van der Waals surface area contributed by atoms with E-state index in [1.54, 1.807) is 7.11 Å². The van der Waals surface area contributed by atoms with Crippen molar-refractivity contribution in [1.29, 1.82) is 0 Å². The third-order valence-electron chi connectivity index (χ3n) is 4.12. The molecule has 0 aliphatic heterocycles. The molecule has 0 bridgehead atoms. The van der Waals surface area contributed by atoms with Gasteiger partial charge in [0.15, 0.2) is 0 Å². The van der Waals surface area contributed by atoms with Gasteiger partial charge in [0.1, 0.15) is 17.4 Å². The van der Waals surface area contributed by atoms with Crippen LogP contribution in [-0.4, -0.2) is 18.0 Å². The maximum Gasteiger partial charge on any atom is 0.226 e. The normalized spacial score (nSPS) is 10.6.